The molecule has 0 radical (unpaired) electrons. The first kappa shape index (κ1) is 13.2. The van der Waals surface area contributed by atoms with Gasteiger partial charge in [0.05, 0.1) is 12.4 Å². The molecule has 0 aliphatic rings. The minimum absolute atomic E-state index is 0.0203. The zero-order valence-electron chi connectivity index (χ0n) is 10.5. The number of carbonyl (C=O) groups is 1. The molecule has 19 heavy (non-hydrogen) atoms. The Balaban J connectivity index is 1.84. The van der Waals surface area contributed by atoms with Gasteiger partial charge in [-0.05, 0) is 30.7 Å². The zero-order valence-corrected chi connectivity index (χ0v) is 10.5. The summed E-state index contributed by atoms with van der Waals surface area (Å²) in [5.74, 6) is 0.603. The van der Waals surface area contributed by atoms with Crippen LogP contribution in [0, 0.1) is 0 Å². The number of amides is 1. The average Bonchev–Trinajstić information content (AvgIpc) is 2.97. The fraction of sp³-hybridized carbons (Fsp3) is 0.455. The quantitative estimate of drug-likeness (QED) is 0.750. The van der Waals surface area contributed by atoms with Crippen LogP contribution in [0.1, 0.15) is 13.3 Å². The number of nitrogens with zero attached hydrogens (tertiary/aromatic N) is 4. The molecule has 1 atom stereocenters. The molecule has 0 fully saturated rings. The van der Waals surface area contributed by atoms with Crippen molar-refractivity contribution in [3.8, 4) is 11.6 Å². The Bertz CT molecular complexity index is 520. The minimum Gasteiger partial charge on any atom is -0.461 e. The van der Waals surface area contributed by atoms with Gasteiger partial charge in [0.2, 0.25) is 11.7 Å². The van der Waals surface area contributed by atoms with E-state index in [0.717, 1.165) is 0 Å². The van der Waals surface area contributed by atoms with E-state index in [2.05, 4.69) is 20.7 Å². The molecule has 0 aromatic carbocycles. The summed E-state index contributed by atoms with van der Waals surface area (Å²) in [6.07, 6.45) is 1.59. The van der Waals surface area contributed by atoms with E-state index in [1.165, 1.54) is 11.1 Å². The maximum absolute atomic E-state index is 11.5. The molecule has 8 nitrogen and oxygen atoms in total. The van der Waals surface area contributed by atoms with Crippen molar-refractivity contribution in [2.45, 2.75) is 26.0 Å². The third kappa shape index (κ3) is 3.88. The molecule has 0 bridgehead atoms. The zero-order chi connectivity index (χ0) is 13.7. The number of aromatic nitrogens is 4. The highest BCUT2D eigenvalue weighted by Crippen LogP contribution is 2.12. The molecule has 2 aromatic heterocycles. The van der Waals surface area contributed by atoms with Crippen LogP contribution in [0.5, 0.6) is 0 Å². The van der Waals surface area contributed by atoms with Crippen LogP contribution in [0.25, 0.3) is 11.6 Å². The maximum Gasteiger partial charge on any atom is 0.243 e. The van der Waals surface area contributed by atoms with E-state index in [-0.39, 0.29) is 12.5 Å². The first-order valence-electron chi connectivity index (χ1n) is 5.91. The first-order chi connectivity index (χ1) is 9.15. The van der Waals surface area contributed by atoms with E-state index in [0.29, 0.717) is 24.6 Å². The number of carbonyl (C=O) groups excluding carboxylic acids is 1. The SMILES string of the molecule is CC(O)CCNC(=O)Cn1nnc(-c2ccco2)n1. The highest BCUT2D eigenvalue weighted by molar-refractivity contribution is 5.75. The van der Waals surface area contributed by atoms with Crippen molar-refractivity contribution in [2.24, 2.45) is 0 Å². The number of tetrazole rings is 1. The highest BCUT2D eigenvalue weighted by atomic mass is 16.3. The van der Waals surface area contributed by atoms with Crippen LogP contribution in [0.3, 0.4) is 0 Å². The predicted octanol–water partition coefficient (Wildman–Crippen LogP) is -0.180. The number of aliphatic hydroxyl groups excluding tert-OH is 1. The molecule has 0 aliphatic carbocycles. The Kier molecular flexibility index (Phi) is 4.24. The molecule has 2 rings (SSSR count). The first-order valence-corrected chi connectivity index (χ1v) is 5.91. The number of aliphatic hydroxyl groups is 1. The number of hydrogen-bond acceptors (Lipinski definition) is 6. The second-order valence-corrected chi connectivity index (χ2v) is 4.11. The summed E-state index contributed by atoms with van der Waals surface area (Å²) >= 11 is 0. The van der Waals surface area contributed by atoms with Crippen LogP contribution >= 0.6 is 0 Å². The normalized spacial score (nSPS) is 12.3. The van der Waals surface area contributed by atoms with Gasteiger partial charge in [-0.2, -0.15) is 4.80 Å². The number of nitrogens with one attached hydrogen (secondary N) is 1. The van der Waals surface area contributed by atoms with Crippen LogP contribution in [0.4, 0.5) is 0 Å². The standard InChI is InChI=1S/C11H15N5O3/c1-8(17)4-5-12-10(18)7-16-14-11(13-15-16)9-3-2-6-19-9/h2-3,6,8,17H,4-5,7H2,1H3,(H,12,18). The average molecular weight is 265 g/mol. The summed E-state index contributed by atoms with van der Waals surface area (Å²) in [5.41, 5.74) is 0. The van der Waals surface area contributed by atoms with E-state index in [4.69, 9.17) is 9.52 Å². The summed E-state index contributed by atoms with van der Waals surface area (Å²) in [6.45, 7) is 2.06. The Morgan fingerprint density at radius 3 is 3.16 bits per heavy atom. The van der Waals surface area contributed by atoms with Crippen LogP contribution in [-0.4, -0.2) is 43.9 Å². The van der Waals surface area contributed by atoms with Crippen molar-refractivity contribution in [3.05, 3.63) is 18.4 Å². The lowest BCUT2D eigenvalue weighted by atomic mass is 10.3. The molecule has 1 amide bonds. The molecular weight excluding hydrogens is 250 g/mol. The third-order valence-corrected chi connectivity index (χ3v) is 2.36. The molecule has 2 aromatic rings. The predicted molar refractivity (Wildman–Crippen MR) is 64.8 cm³/mol. The van der Waals surface area contributed by atoms with Crippen molar-refractivity contribution in [1.29, 1.82) is 0 Å². The van der Waals surface area contributed by atoms with E-state index in [1.54, 1.807) is 19.1 Å². The van der Waals surface area contributed by atoms with Gasteiger partial charge in [0, 0.05) is 6.54 Å². The monoisotopic (exact) mass is 265 g/mol. The van der Waals surface area contributed by atoms with Gasteiger partial charge in [-0.15, -0.1) is 10.2 Å². The molecule has 0 saturated heterocycles. The van der Waals surface area contributed by atoms with Crippen LogP contribution in [0.15, 0.2) is 22.8 Å². The number of furan rings is 1. The molecular formula is C11H15N5O3. The van der Waals surface area contributed by atoms with Crippen molar-refractivity contribution in [3.63, 3.8) is 0 Å². The van der Waals surface area contributed by atoms with Crippen LogP contribution < -0.4 is 5.32 Å². The van der Waals surface area contributed by atoms with Gasteiger partial charge < -0.3 is 14.8 Å². The van der Waals surface area contributed by atoms with Gasteiger partial charge in [-0.1, -0.05) is 0 Å². The topological polar surface area (TPSA) is 106 Å². The van der Waals surface area contributed by atoms with Gasteiger partial charge in [-0.25, -0.2) is 0 Å². The van der Waals surface area contributed by atoms with E-state index in [1.807, 2.05) is 0 Å². The van der Waals surface area contributed by atoms with Crippen molar-refractivity contribution in [1.82, 2.24) is 25.5 Å². The maximum atomic E-state index is 11.5. The highest BCUT2D eigenvalue weighted by Gasteiger charge is 2.10. The number of hydrogen-bond donors (Lipinski definition) is 2. The van der Waals surface area contributed by atoms with Crippen molar-refractivity contribution >= 4 is 5.91 Å². The molecule has 102 valence electrons. The van der Waals surface area contributed by atoms with E-state index >= 15 is 0 Å². The van der Waals surface area contributed by atoms with Crippen molar-refractivity contribution < 1.29 is 14.3 Å². The summed E-state index contributed by atoms with van der Waals surface area (Å²) in [5, 5.41) is 23.3. The molecule has 2 N–H and O–H groups in total. The van der Waals surface area contributed by atoms with Crippen LogP contribution in [0.2, 0.25) is 0 Å². The molecule has 8 heteroatoms. The molecule has 1 unspecified atom stereocenters. The van der Waals surface area contributed by atoms with E-state index in [9.17, 15) is 4.79 Å². The Morgan fingerprint density at radius 1 is 1.63 bits per heavy atom. The van der Waals surface area contributed by atoms with Gasteiger partial charge in [0.25, 0.3) is 0 Å². The summed E-state index contributed by atoms with van der Waals surface area (Å²) < 4.78 is 5.12. The van der Waals surface area contributed by atoms with Crippen molar-refractivity contribution in [2.75, 3.05) is 6.54 Å². The van der Waals surface area contributed by atoms with Gasteiger partial charge >= 0.3 is 0 Å². The second-order valence-electron chi connectivity index (χ2n) is 4.11. The summed E-state index contributed by atoms with van der Waals surface area (Å²) in [6, 6.07) is 3.43. The van der Waals surface area contributed by atoms with Gasteiger partial charge in [0.1, 0.15) is 6.54 Å². The van der Waals surface area contributed by atoms with E-state index < -0.39 is 6.10 Å². The lowest BCUT2D eigenvalue weighted by molar-refractivity contribution is -0.122. The largest absolute Gasteiger partial charge is 0.461 e. The van der Waals surface area contributed by atoms with Crippen LogP contribution in [-0.2, 0) is 11.3 Å². The molecule has 0 aliphatic heterocycles. The Hall–Kier alpha value is -2.22. The lowest BCUT2D eigenvalue weighted by Gasteiger charge is -2.05. The smallest absolute Gasteiger partial charge is 0.243 e. The Labute approximate surface area is 109 Å². The number of rotatable bonds is 6. The molecule has 0 spiro atoms. The van der Waals surface area contributed by atoms with Gasteiger partial charge in [-0.3, -0.25) is 4.79 Å². The fourth-order valence-electron chi connectivity index (χ4n) is 1.42. The molecule has 0 saturated carbocycles. The van der Waals surface area contributed by atoms with Gasteiger partial charge in [0.15, 0.2) is 5.76 Å². The summed E-state index contributed by atoms with van der Waals surface area (Å²) in [4.78, 5) is 12.7. The summed E-state index contributed by atoms with van der Waals surface area (Å²) in [7, 11) is 0. The minimum atomic E-state index is -0.435. The Morgan fingerprint density at radius 2 is 2.47 bits per heavy atom. The second kappa shape index (κ2) is 6.10. The third-order valence-electron chi connectivity index (χ3n) is 2.36. The lowest BCUT2D eigenvalue weighted by Crippen LogP contribution is -2.30. The molecule has 2 heterocycles. The fourth-order valence-corrected chi connectivity index (χ4v) is 1.42.